The standard InChI is InChI=1S/C38H40O10.C35H38O10.C34H30O14/c1-3-21-46-47-25-8-7-23-42-33-17-19-34(20-18-33)44-28-45-35-15-11-31-27-36(16-12-30(31)26-35)48-38(40)29-9-13-32(14-10-29)41-22-5-6-24-43-37(39)4-2;1-4-20-43-44-24-9-8-22-39-30-14-16-31(17-15-30)41-26-42-33-19-18-32(25-27(33)3)45-35(37)28-10-12-29(13-11-28)38-21-6-7-23-40-34(36)5-2;1-4-29(35)41-16-18-43-33(39)46-25-10-6-23(7-11-25)21-31(37)48-28-15-14-27(20-22(28)3)45-32(38)24-8-12-26(13-9-24)47-34(40)44-19-17-42-30(36)5-2/h3-4,9-21,26-27H,2,5-8,22-25,28H2,1H3;5,10-20,25H,1-2,6-9,21-24,26H2,3H3;4-15,20H,1-2,16-19,21H2,3H3/b21-3+;;. The molecule has 0 aromatic heterocycles. The highest BCUT2D eigenvalue weighted by Crippen LogP contribution is 2.31. The maximum atomic E-state index is 12.7. The molecular weight excluding hydrogens is 1830 g/mol. The number of hydrogen-bond donors (Lipinski definition) is 0. The van der Waals surface area contributed by atoms with Gasteiger partial charge < -0.3 is 105 Å². The van der Waals surface area contributed by atoms with E-state index in [9.17, 15) is 47.9 Å². The van der Waals surface area contributed by atoms with Gasteiger partial charge in [0, 0.05) is 24.3 Å². The van der Waals surface area contributed by atoms with Crippen LogP contribution in [0.3, 0.4) is 0 Å². The minimum Gasteiger partial charge on any atom is -0.494 e. The number of carbonyl (C=O) groups is 10. The average molecular weight is 1940 g/mol. The van der Waals surface area contributed by atoms with Crippen molar-refractivity contribution in [1.29, 1.82) is 0 Å². The van der Waals surface area contributed by atoms with E-state index >= 15 is 0 Å². The third-order valence-electron chi connectivity index (χ3n) is 18.5. The maximum absolute atomic E-state index is 12.7. The van der Waals surface area contributed by atoms with Crippen molar-refractivity contribution in [3.63, 3.8) is 0 Å². The van der Waals surface area contributed by atoms with Gasteiger partial charge in [-0.2, -0.15) is 9.78 Å². The largest absolute Gasteiger partial charge is 0.513 e. The molecule has 0 spiro atoms. The van der Waals surface area contributed by atoms with Gasteiger partial charge in [0.15, 0.2) is 6.26 Å². The molecule has 0 aliphatic carbocycles. The minimum absolute atomic E-state index is 0.000471. The molecule has 0 saturated carbocycles. The van der Waals surface area contributed by atoms with E-state index in [1.54, 1.807) is 116 Å². The van der Waals surface area contributed by atoms with E-state index < -0.39 is 60.1 Å². The third kappa shape index (κ3) is 43.6. The molecule has 10 aromatic rings. The lowest BCUT2D eigenvalue weighted by atomic mass is 10.1. The van der Waals surface area contributed by atoms with Crippen molar-refractivity contribution in [2.45, 2.75) is 78.6 Å². The smallest absolute Gasteiger partial charge is 0.494 e. The summed E-state index contributed by atoms with van der Waals surface area (Å²) >= 11 is 0. The monoisotopic (exact) mass is 1940 g/mol. The molecule has 0 atom stereocenters. The summed E-state index contributed by atoms with van der Waals surface area (Å²) in [7, 11) is 0. The normalized spacial score (nSPS) is 10.3. The fourth-order valence-corrected chi connectivity index (χ4v) is 11.4. The number of allylic oxidation sites excluding steroid dienone is 1. The fraction of sp³-hybridized carbons (Fsp3) is 0.243. The summed E-state index contributed by atoms with van der Waals surface area (Å²) in [6, 6.07) is 60.2. The van der Waals surface area contributed by atoms with Crippen molar-refractivity contribution >= 4 is 70.8 Å². The molecule has 10 aromatic carbocycles. The molecule has 0 amide bonds. The van der Waals surface area contributed by atoms with Crippen molar-refractivity contribution in [2.24, 2.45) is 0 Å². The lowest BCUT2D eigenvalue weighted by Gasteiger charge is -2.12. The molecular formula is C107H108O34. The molecule has 0 unspecified atom stereocenters. The van der Waals surface area contributed by atoms with Gasteiger partial charge in [-0.1, -0.05) is 62.9 Å². The lowest BCUT2D eigenvalue weighted by molar-refractivity contribution is -0.249. The first-order chi connectivity index (χ1) is 68.6. The highest BCUT2D eigenvalue weighted by molar-refractivity contribution is 5.94. The molecule has 141 heavy (non-hydrogen) atoms. The van der Waals surface area contributed by atoms with Crippen molar-refractivity contribution in [3.8, 4) is 80.5 Å². The molecule has 0 bridgehead atoms. The minimum atomic E-state index is -1.03. The molecule has 0 heterocycles. The highest BCUT2D eigenvalue weighted by atomic mass is 17.2. The van der Waals surface area contributed by atoms with Gasteiger partial charge in [-0.25, -0.2) is 43.2 Å². The SMILES string of the molecule is C=C=COOCCCCOc1ccc(OCOc2ccc(OC(=O)c3ccc(OCCCCOC(=O)C=C)cc3)cc2C)cc1.C=CC(=O)OCCCCOc1ccc(C(=O)Oc2ccc3cc(OCOc4ccc(OCCCCOO/C=C/C)cc4)ccc3c2)cc1.C=CC(=O)OCCOC(=O)Oc1ccc(CC(=O)Oc2ccc(OC(=O)c3ccc(OC(=O)OCCOC(=O)C=C)cc3)cc2C)cc1. The predicted molar refractivity (Wildman–Crippen MR) is 512 cm³/mol. The number of ether oxygens (including phenoxy) is 20. The quantitative estimate of drug-likeness (QED) is 0.00292. The van der Waals surface area contributed by atoms with E-state index in [2.05, 4.69) is 48.1 Å². The van der Waals surface area contributed by atoms with E-state index in [1.165, 1.54) is 67.1 Å². The topological polar surface area (TPSA) is 392 Å². The molecule has 740 valence electrons. The number of aryl methyl sites for hydroxylation is 2. The third-order valence-corrected chi connectivity index (χ3v) is 18.5. The van der Waals surface area contributed by atoms with Gasteiger partial charge in [0.1, 0.15) is 113 Å². The molecule has 34 nitrogen and oxygen atoms in total. The summed E-state index contributed by atoms with van der Waals surface area (Å²) in [6.07, 6.45) is 12.7. The van der Waals surface area contributed by atoms with Crippen LogP contribution >= 0.6 is 0 Å². The van der Waals surface area contributed by atoms with Crippen molar-refractivity contribution < 1.29 is 162 Å². The first kappa shape index (κ1) is 109. The van der Waals surface area contributed by atoms with E-state index in [0.717, 1.165) is 84.2 Å². The van der Waals surface area contributed by atoms with Crippen molar-refractivity contribution in [1.82, 2.24) is 0 Å². The Balaban J connectivity index is 0.000000259. The zero-order valence-electron chi connectivity index (χ0n) is 78.0. The van der Waals surface area contributed by atoms with Crippen LogP contribution in [0.1, 0.15) is 106 Å². The number of benzene rings is 10. The highest BCUT2D eigenvalue weighted by Gasteiger charge is 2.19. The molecule has 0 N–H and O–H groups in total. The van der Waals surface area contributed by atoms with Gasteiger partial charge in [-0.15, -0.1) is 0 Å². The van der Waals surface area contributed by atoms with Gasteiger partial charge in [-0.05, 0) is 300 Å². The molecule has 0 fully saturated rings. The van der Waals surface area contributed by atoms with Gasteiger partial charge in [0.05, 0.1) is 76.0 Å². The molecule has 0 radical (unpaired) electrons. The Morgan fingerprint density at radius 3 is 1.01 bits per heavy atom. The predicted octanol–water partition coefficient (Wildman–Crippen LogP) is 19.8. The first-order valence-electron chi connectivity index (χ1n) is 44.2. The van der Waals surface area contributed by atoms with E-state index in [0.29, 0.717) is 140 Å². The summed E-state index contributed by atoms with van der Waals surface area (Å²) in [5, 5.41) is 1.81. The van der Waals surface area contributed by atoms with Crippen LogP contribution < -0.4 is 66.3 Å². The Kier molecular flexibility index (Phi) is 49.0. The van der Waals surface area contributed by atoms with Crippen LogP contribution in [0.2, 0.25) is 0 Å². The molecule has 0 aliphatic rings. The van der Waals surface area contributed by atoms with Crippen LogP contribution in [-0.2, 0) is 78.4 Å². The second-order valence-electron chi connectivity index (χ2n) is 29.1. The van der Waals surface area contributed by atoms with Gasteiger partial charge >= 0.3 is 60.1 Å². The van der Waals surface area contributed by atoms with E-state index in [-0.39, 0.29) is 75.0 Å². The Labute approximate surface area is 814 Å². The van der Waals surface area contributed by atoms with Crippen molar-refractivity contribution in [3.05, 3.63) is 333 Å². The zero-order chi connectivity index (χ0) is 101. The number of hydrogen-bond acceptors (Lipinski definition) is 34. The second kappa shape index (κ2) is 63.3. The van der Waals surface area contributed by atoms with Crippen LogP contribution in [0.25, 0.3) is 10.8 Å². The maximum Gasteiger partial charge on any atom is 0.513 e. The summed E-state index contributed by atoms with van der Waals surface area (Å²) in [6.45, 7) is 24.9. The number of fused-ring (bicyclic) bond motifs is 1. The molecule has 34 heteroatoms. The van der Waals surface area contributed by atoms with Crippen molar-refractivity contribution in [2.75, 3.05) is 92.9 Å². The van der Waals surface area contributed by atoms with Gasteiger partial charge in [0.2, 0.25) is 13.6 Å². The molecule has 0 saturated heterocycles. The van der Waals surface area contributed by atoms with Gasteiger partial charge in [0.25, 0.3) is 0 Å². The average Bonchev–Trinajstić information content (AvgIpc) is 0.822. The Hall–Kier alpha value is -17.1. The Bertz CT molecular complexity index is 5770. The van der Waals surface area contributed by atoms with Crippen LogP contribution in [0.4, 0.5) is 9.59 Å². The Morgan fingerprint density at radius 1 is 0.291 bits per heavy atom. The van der Waals surface area contributed by atoms with Crippen LogP contribution in [-0.4, -0.2) is 153 Å². The summed E-state index contributed by atoms with van der Waals surface area (Å²) in [5.41, 5.74) is 5.30. The molecule has 10 rings (SSSR count). The van der Waals surface area contributed by atoms with Crippen LogP contribution in [0.15, 0.2) is 300 Å². The Morgan fingerprint density at radius 2 is 0.603 bits per heavy atom. The second-order valence-corrected chi connectivity index (χ2v) is 29.1. The summed E-state index contributed by atoms with van der Waals surface area (Å²) < 4.78 is 107. The number of esters is 8. The number of unbranched alkanes of at least 4 members (excludes halogenated alkanes) is 4. The van der Waals surface area contributed by atoms with Crippen LogP contribution in [0.5, 0.6) is 80.5 Å². The summed E-state index contributed by atoms with van der Waals surface area (Å²) in [5.74, 6) is 2.46. The van der Waals surface area contributed by atoms with Gasteiger partial charge in [-0.3, -0.25) is 4.79 Å². The lowest BCUT2D eigenvalue weighted by Crippen LogP contribution is -2.16. The van der Waals surface area contributed by atoms with E-state index in [4.69, 9.17) is 105 Å². The molecule has 0 aliphatic heterocycles. The summed E-state index contributed by atoms with van der Waals surface area (Å²) in [4.78, 5) is 137. The number of rotatable bonds is 57. The fourth-order valence-electron chi connectivity index (χ4n) is 11.4. The first-order valence-corrected chi connectivity index (χ1v) is 44.2. The van der Waals surface area contributed by atoms with E-state index in [1.807, 2.05) is 74.5 Å². The number of carbonyl (C=O) groups excluding carboxylic acids is 10. The van der Waals surface area contributed by atoms with Crippen LogP contribution in [0, 0.1) is 13.8 Å². The zero-order valence-corrected chi connectivity index (χ0v) is 78.0.